The van der Waals surface area contributed by atoms with Gasteiger partial charge in [0.15, 0.2) is 23.2 Å². The van der Waals surface area contributed by atoms with Crippen molar-refractivity contribution in [3.63, 3.8) is 0 Å². The van der Waals surface area contributed by atoms with Crippen LogP contribution in [0.5, 0.6) is 5.75 Å². The molecular weight excluding hydrogens is 500 g/mol. The Morgan fingerprint density at radius 1 is 1.05 bits per heavy atom. The fourth-order valence-corrected chi connectivity index (χ4v) is 4.80. The van der Waals surface area contributed by atoms with E-state index in [1.165, 1.54) is 0 Å². The third kappa shape index (κ3) is 6.58. The Morgan fingerprint density at radius 3 is 2.16 bits per heavy atom. The number of carbonyl (C=O) groups excluding carboxylic acids is 4. The number of carbonyl (C=O) groups is 4. The number of ketones is 1. The van der Waals surface area contributed by atoms with E-state index in [4.69, 9.17) is 0 Å². The molecule has 1 aliphatic carbocycles. The maximum atomic E-state index is 13.8. The zero-order chi connectivity index (χ0) is 27.3. The molecule has 2 aliphatic rings. The molecule has 0 radical (unpaired) electrons. The number of ether oxygens (including phenoxy) is 2. The highest BCUT2D eigenvalue weighted by Crippen LogP contribution is 2.40. The number of amides is 2. The molecule has 1 aromatic carbocycles. The van der Waals surface area contributed by atoms with Gasteiger partial charge in [-0.25, -0.2) is 8.78 Å². The van der Waals surface area contributed by atoms with Crippen molar-refractivity contribution < 1.29 is 46.2 Å². The molecule has 204 valence electrons. The van der Waals surface area contributed by atoms with Crippen molar-refractivity contribution in [1.82, 2.24) is 10.2 Å². The molecule has 0 bridgehead atoms. The highest BCUT2D eigenvalue weighted by Gasteiger charge is 2.41. The van der Waals surface area contributed by atoms with Crippen molar-refractivity contribution in [2.24, 2.45) is 11.3 Å². The van der Waals surface area contributed by atoms with Crippen LogP contribution in [0.3, 0.4) is 0 Å². The minimum absolute atomic E-state index is 0.00735. The third-order valence-corrected chi connectivity index (χ3v) is 7.11. The first kappa shape index (κ1) is 28.4. The number of likely N-dealkylation sites (tertiary alicyclic amines) is 1. The summed E-state index contributed by atoms with van der Waals surface area (Å²) in [5, 5.41) is 2.44. The van der Waals surface area contributed by atoms with Gasteiger partial charge in [-0.3, -0.25) is 19.2 Å². The first-order chi connectivity index (χ1) is 17.5. The van der Waals surface area contributed by atoms with E-state index >= 15 is 0 Å². The molecule has 2 fully saturated rings. The summed E-state index contributed by atoms with van der Waals surface area (Å²) < 4.78 is 63.7. The van der Waals surface area contributed by atoms with Crippen LogP contribution in [0.2, 0.25) is 0 Å². The van der Waals surface area contributed by atoms with E-state index in [9.17, 15) is 36.7 Å². The maximum Gasteiger partial charge on any atom is 0.308 e. The van der Waals surface area contributed by atoms with Gasteiger partial charge in [-0.1, -0.05) is 19.8 Å². The molecule has 1 aromatic rings. The molecule has 8 nitrogen and oxygen atoms in total. The molecule has 1 atom stereocenters. The first-order valence-corrected chi connectivity index (χ1v) is 12.1. The Balaban J connectivity index is 1.61. The van der Waals surface area contributed by atoms with Crippen molar-refractivity contribution in [3.8, 4) is 5.75 Å². The maximum absolute atomic E-state index is 13.8. The number of Topliss-reactive ketones (excluding diaryl/α,β-unsaturated/α-hetero) is 1. The number of nitrogens with zero attached hydrogens (tertiary/aromatic N) is 1. The number of halogens is 4. The van der Waals surface area contributed by atoms with Crippen molar-refractivity contribution in [3.05, 3.63) is 29.3 Å². The smallest absolute Gasteiger partial charge is 0.308 e. The lowest BCUT2D eigenvalue weighted by molar-refractivity contribution is -0.145. The van der Waals surface area contributed by atoms with Crippen LogP contribution >= 0.6 is 0 Å². The molecular formula is C25H30F4N2O6. The average Bonchev–Trinajstić information content (AvgIpc) is 3.34. The molecule has 2 amide bonds. The van der Waals surface area contributed by atoms with E-state index in [0.717, 1.165) is 32.8 Å². The molecule has 1 aliphatic heterocycles. The standard InChI is InChI=1S/C25H30F4N2O6/c1-25(7-3-4-8-25)24(35)31-9-5-14(6-10-31)23(34)30-17(12-19(33)36-2)18(32)13-37-22-20(28)15(26)11-16(27)21(22)29/h11,14,17H,3-10,12-13H2,1-2H3,(H,30,34). The van der Waals surface area contributed by atoms with Gasteiger partial charge < -0.3 is 19.7 Å². The monoisotopic (exact) mass is 530 g/mol. The van der Waals surface area contributed by atoms with Gasteiger partial charge in [0.2, 0.25) is 23.4 Å². The van der Waals surface area contributed by atoms with Crippen LogP contribution in [0.15, 0.2) is 6.07 Å². The summed E-state index contributed by atoms with van der Waals surface area (Å²) in [5.74, 6) is -11.3. The second-order valence-electron chi connectivity index (χ2n) is 9.73. The fraction of sp³-hybridized carbons (Fsp3) is 0.600. The lowest BCUT2D eigenvalue weighted by atomic mass is 9.85. The van der Waals surface area contributed by atoms with Crippen LogP contribution in [-0.4, -0.2) is 61.3 Å². The summed E-state index contributed by atoms with van der Waals surface area (Å²) in [4.78, 5) is 52.0. The van der Waals surface area contributed by atoms with E-state index < -0.39 is 71.7 Å². The summed E-state index contributed by atoms with van der Waals surface area (Å²) in [7, 11) is 1.07. The summed E-state index contributed by atoms with van der Waals surface area (Å²) >= 11 is 0. The SMILES string of the molecule is COC(=O)CC(NC(=O)C1CCN(C(=O)C2(C)CCCC2)CC1)C(=O)COc1c(F)c(F)cc(F)c1F. The first-order valence-electron chi connectivity index (χ1n) is 12.1. The Labute approximate surface area is 211 Å². The number of methoxy groups -OCH3 is 1. The number of hydrogen-bond acceptors (Lipinski definition) is 6. The van der Waals surface area contributed by atoms with Gasteiger partial charge in [0.25, 0.3) is 0 Å². The Kier molecular flexibility index (Phi) is 9.14. The molecule has 1 unspecified atom stereocenters. The van der Waals surface area contributed by atoms with Crippen LogP contribution in [0.1, 0.15) is 51.9 Å². The number of esters is 1. The Morgan fingerprint density at radius 2 is 1.62 bits per heavy atom. The Hall–Kier alpha value is -3.18. The lowest BCUT2D eigenvalue weighted by Crippen LogP contribution is -2.50. The van der Waals surface area contributed by atoms with Crippen LogP contribution < -0.4 is 10.1 Å². The molecule has 0 spiro atoms. The predicted molar refractivity (Wildman–Crippen MR) is 121 cm³/mol. The van der Waals surface area contributed by atoms with Crippen LogP contribution in [0.25, 0.3) is 0 Å². The largest absolute Gasteiger partial charge is 0.479 e. The summed E-state index contributed by atoms with van der Waals surface area (Å²) in [6, 6.07) is -1.48. The second-order valence-corrected chi connectivity index (χ2v) is 9.73. The van der Waals surface area contributed by atoms with Crippen molar-refractivity contribution in [2.75, 3.05) is 26.8 Å². The van der Waals surface area contributed by atoms with Crippen molar-refractivity contribution in [1.29, 1.82) is 0 Å². The molecule has 1 saturated carbocycles. The predicted octanol–water partition coefficient (Wildman–Crippen LogP) is 3.06. The molecule has 12 heteroatoms. The van der Waals surface area contributed by atoms with Crippen LogP contribution in [0.4, 0.5) is 17.6 Å². The molecule has 37 heavy (non-hydrogen) atoms. The Bertz CT molecular complexity index is 1030. The highest BCUT2D eigenvalue weighted by molar-refractivity contribution is 5.93. The van der Waals surface area contributed by atoms with E-state index in [0.29, 0.717) is 25.9 Å². The summed E-state index contributed by atoms with van der Waals surface area (Å²) in [6.07, 6.45) is 3.79. The van der Waals surface area contributed by atoms with Gasteiger partial charge in [0.1, 0.15) is 12.6 Å². The van der Waals surface area contributed by atoms with Crippen LogP contribution in [-0.2, 0) is 23.9 Å². The highest BCUT2D eigenvalue weighted by atomic mass is 19.2. The van der Waals surface area contributed by atoms with E-state index in [1.807, 2.05) is 6.92 Å². The van der Waals surface area contributed by atoms with Gasteiger partial charge in [0, 0.05) is 30.5 Å². The number of rotatable bonds is 9. The van der Waals surface area contributed by atoms with Gasteiger partial charge in [-0.15, -0.1) is 0 Å². The molecule has 1 N–H and O–H groups in total. The fourth-order valence-electron chi connectivity index (χ4n) is 4.80. The average molecular weight is 531 g/mol. The topological polar surface area (TPSA) is 102 Å². The van der Waals surface area contributed by atoms with Crippen molar-refractivity contribution >= 4 is 23.6 Å². The third-order valence-electron chi connectivity index (χ3n) is 7.11. The van der Waals surface area contributed by atoms with Gasteiger partial charge >= 0.3 is 5.97 Å². The second kappa shape index (κ2) is 11.9. The van der Waals surface area contributed by atoms with Gasteiger partial charge in [0.05, 0.1) is 13.5 Å². The number of benzene rings is 1. The number of piperidine rings is 1. The number of nitrogens with one attached hydrogen (secondary N) is 1. The molecule has 0 aromatic heterocycles. The van der Waals surface area contributed by atoms with Gasteiger partial charge in [-0.05, 0) is 25.7 Å². The van der Waals surface area contributed by atoms with Gasteiger partial charge in [-0.2, -0.15) is 8.78 Å². The number of hydrogen-bond donors (Lipinski definition) is 1. The normalized spacial score (nSPS) is 18.3. The van der Waals surface area contributed by atoms with E-state index in [-0.39, 0.29) is 17.4 Å². The van der Waals surface area contributed by atoms with Crippen LogP contribution in [0, 0.1) is 34.6 Å². The molecule has 1 heterocycles. The minimum atomic E-state index is -1.83. The van der Waals surface area contributed by atoms with E-state index in [1.54, 1.807) is 4.90 Å². The lowest BCUT2D eigenvalue weighted by Gasteiger charge is -2.36. The zero-order valence-electron chi connectivity index (χ0n) is 20.7. The summed E-state index contributed by atoms with van der Waals surface area (Å²) in [5.41, 5.74) is -0.378. The van der Waals surface area contributed by atoms with Crippen molar-refractivity contribution in [2.45, 2.75) is 57.9 Å². The molecule has 1 saturated heterocycles. The quantitative estimate of drug-likeness (QED) is 0.299. The zero-order valence-corrected chi connectivity index (χ0v) is 20.7. The van der Waals surface area contributed by atoms with E-state index in [2.05, 4.69) is 14.8 Å². The summed E-state index contributed by atoms with van der Waals surface area (Å²) in [6.45, 7) is 1.62. The minimum Gasteiger partial charge on any atom is -0.479 e. The molecule has 3 rings (SSSR count).